The monoisotopic (exact) mass is 342 g/mol. The Morgan fingerprint density at radius 3 is 2.44 bits per heavy atom. The molecule has 0 bridgehead atoms. The summed E-state index contributed by atoms with van der Waals surface area (Å²) in [6, 6.07) is 11.4. The second-order valence-corrected chi connectivity index (χ2v) is 5.56. The Balaban J connectivity index is 2.30. The first-order valence-corrected chi connectivity index (χ1v) is 7.96. The van der Waals surface area contributed by atoms with Crippen LogP contribution in [0.1, 0.15) is 33.5 Å². The summed E-state index contributed by atoms with van der Waals surface area (Å²) >= 11 is 0. The fourth-order valence-electron chi connectivity index (χ4n) is 2.77. The van der Waals surface area contributed by atoms with E-state index in [0.29, 0.717) is 36.3 Å². The highest BCUT2D eigenvalue weighted by atomic mass is 16.5. The number of aryl methyl sites for hydroxylation is 1. The summed E-state index contributed by atoms with van der Waals surface area (Å²) in [7, 11) is 4.51. The largest absolute Gasteiger partial charge is 0.496 e. The third-order valence-electron chi connectivity index (χ3n) is 4.02. The molecule has 0 fully saturated rings. The lowest BCUT2D eigenvalue weighted by Gasteiger charge is -2.15. The van der Waals surface area contributed by atoms with Crippen LogP contribution in [0.2, 0.25) is 0 Å². The van der Waals surface area contributed by atoms with Crippen LogP contribution < -0.4 is 9.47 Å². The summed E-state index contributed by atoms with van der Waals surface area (Å²) in [6.45, 7) is 0. The minimum atomic E-state index is -0.229. The van der Waals surface area contributed by atoms with Crippen molar-refractivity contribution in [3.63, 3.8) is 0 Å². The topological polar surface area (TPSA) is 61.8 Å². The van der Waals surface area contributed by atoms with E-state index in [1.165, 1.54) is 14.2 Å². The van der Waals surface area contributed by atoms with Gasteiger partial charge in [0.15, 0.2) is 6.29 Å². The Kier molecular flexibility index (Phi) is 6.57. The molecule has 2 aromatic carbocycles. The van der Waals surface area contributed by atoms with Crippen molar-refractivity contribution in [1.82, 2.24) is 0 Å². The van der Waals surface area contributed by atoms with Gasteiger partial charge in [-0.25, -0.2) is 0 Å². The second-order valence-electron chi connectivity index (χ2n) is 5.56. The molecule has 132 valence electrons. The molecular formula is C20H22O5. The molecule has 5 heteroatoms. The van der Waals surface area contributed by atoms with Gasteiger partial charge >= 0.3 is 5.97 Å². The molecule has 0 heterocycles. The van der Waals surface area contributed by atoms with Crippen LogP contribution in [-0.2, 0) is 22.4 Å². The van der Waals surface area contributed by atoms with Gasteiger partial charge in [-0.3, -0.25) is 9.59 Å². The zero-order chi connectivity index (χ0) is 18.2. The van der Waals surface area contributed by atoms with Crippen molar-refractivity contribution in [1.29, 1.82) is 0 Å². The van der Waals surface area contributed by atoms with Crippen molar-refractivity contribution in [2.24, 2.45) is 0 Å². The SMILES string of the molecule is COC(=O)CCc1cccc(Cc2c(OC)ccc(C=O)c2OC)c1. The molecule has 0 aromatic heterocycles. The smallest absolute Gasteiger partial charge is 0.305 e. The number of ether oxygens (including phenoxy) is 3. The highest BCUT2D eigenvalue weighted by Gasteiger charge is 2.15. The molecule has 0 aliphatic carbocycles. The summed E-state index contributed by atoms with van der Waals surface area (Å²) in [5.74, 6) is 0.962. The Morgan fingerprint density at radius 1 is 1.04 bits per heavy atom. The van der Waals surface area contributed by atoms with Crippen molar-refractivity contribution in [3.05, 3.63) is 58.7 Å². The lowest BCUT2D eigenvalue weighted by Crippen LogP contribution is -2.03. The average Bonchev–Trinajstić information content (AvgIpc) is 2.65. The van der Waals surface area contributed by atoms with Crippen molar-refractivity contribution in [2.75, 3.05) is 21.3 Å². The summed E-state index contributed by atoms with van der Waals surface area (Å²) in [4.78, 5) is 22.6. The van der Waals surface area contributed by atoms with Gasteiger partial charge < -0.3 is 14.2 Å². The average molecular weight is 342 g/mol. The van der Waals surface area contributed by atoms with Crippen LogP contribution in [0.15, 0.2) is 36.4 Å². The van der Waals surface area contributed by atoms with Crippen molar-refractivity contribution < 1.29 is 23.8 Å². The van der Waals surface area contributed by atoms with Gasteiger partial charge in [-0.05, 0) is 29.7 Å². The zero-order valence-corrected chi connectivity index (χ0v) is 14.7. The number of aldehydes is 1. The Labute approximate surface area is 147 Å². The van der Waals surface area contributed by atoms with Crippen molar-refractivity contribution in [3.8, 4) is 11.5 Å². The lowest BCUT2D eigenvalue weighted by atomic mass is 9.98. The Morgan fingerprint density at radius 2 is 1.80 bits per heavy atom. The molecule has 0 atom stereocenters. The maximum absolute atomic E-state index is 11.3. The first-order chi connectivity index (χ1) is 12.1. The highest BCUT2D eigenvalue weighted by molar-refractivity contribution is 5.81. The number of esters is 1. The molecule has 0 spiro atoms. The van der Waals surface area contributed by atoms with E-state index in [-0.39, 0.29) is 5.97 Å². The van der Waals surface area contributed by atoms with Crippen LogP contribution >= 0.6 is 0 Å². The number of hydrogen-bond acceptors (Lipinski definition) is 5. The molecule has 2 aromatic rings. The minimum Gasteiger partial charge on any atom is -0.496 e. The van der Waals surface area contributed by atoms with Gasteiger partial charge in [0.25, 0.3) is 0 Å². The number of benzene rings is 2. The molecule has 0 saturated carbocycles. The first kappa shape index (κ1) is 18.5. The summed E-state index contributed by atoms with van der Waals surface area (Å²) in [6.07, 6.45) is 2.28. The van der Waals surface area contributed by atoms with Gasteiger partial charge in [0.2, 0.25) is 0 Å². The third-order valence-corrected chi connectivity index (χ3v) is 4.02. The molecule has 0 N–H and O–H groups in total. The summed E-state index contributed by atoms with van der Waals surface area (Å²) < 4.78 is 15.5. The number of methoxy groups -OCH3 is 3. The van der Waals surface area contributed by atoms with Crippen LogP contribution in [0.5, 0.6) is 11.5 Å². The van der Waals surface area contributed by atoms with E-state index in [2.05, 4.69) is 4.74 Å². The maximum atomic E-state index is 11.3. The molecule has 0 amide bonds. The normalized spacial score (nSPS) is 10.2. The highest BCUT2D eigenvalue weighted by Crippen LogP contribution is 2.33. The van der Waals surface area contributed by atoms with Crippen LogP contribution in [0.4, 0.5) is 0 Å². The van der Waals surface area contributed by atoms with Crippen molar-refractivity contribution in [2.45, 2.75) is 19.3 Å². The van der Waals surface area contributed by atoms with Crippen molar-refractivity contribution >= 4 is 12.3 Å². The van der Waals surface area contributed by atoms with Gasteiger partial charge in [0.1, 0.15) is 11.5 Å². The zero-order valence-electron chi connectivity index (χ0n) is 14.7. The van der Waals surface area contributed by atoms with Gasteiger partial charge in [-0.15, -0.1) is 0 Å². The van der Waals surface area contributed by atoms with E-state index in [4.69, 9.17) is 9.47 Å². The Bertz CT molecular complexity index is 752. The maximum Gasteiger partial charge on any atom is 0.305 e. The standard InChI is InChI=1S/C20H22O5/c1-23-18-9-8-16(13-21)20(25-3)17(18)12-15-6-4-5-14(11-15)7-10-19(22)24-2/h4-6,8-9,11,13H,7,10,12H2,1-3H3. The molecule has 0 aliphatic heterocycles. The van der Waals surface area contributed by atoms with E-state index < -0.39 is 0 Å². The predicted octanol–water partition coefficient (Wildman–Crippen LogP) is 3.21. The first-order valence-electron chi connectivity index (χ1n) is 7.96. The van der Waals surface area contributed by atoms with Crippen LogP contribution in [0.25, 0.3) is 0 Å². The van der Waals surface area contributed by atoms with Gasteiger partial charge in [0.05, 0.1) is 26.9 Å². The van der Waals surface area contributed by atoms with Crippen LogP contribution in [0, 0.1) is 0 Å². The fourth-order valence-corrected chi connectivity index (χ4v) is 2.77. The molecule has 0 aliphatic rings. The van der Waals surface area contributed by atoms with Gasteiger partial charge in [-0.2, -0.15) is 0 Å². The minimum absolute atomic E-state index is 0.229. The molecule has 0 radical (unpaired) electrons. The van der Waals surface area contributed by atoms with E-state index in [1.807, 2.05) is 24.3 Å². The van der Waals surface area contributed by atoms with Gasteiger partial charge in [0, 0.05) is 18.4 Å². The molecule has 0 unspecified atom stereocenters. The number of carbonyl (C=O) groups excluding carboxylic acids is 2. The molecule has 2 rings (SSSR count). The number of rotatable bonds is 8. The lowest BCUT2D eigenvalue weighted by molar-refractivity contribution is -0.140. The van der Waals surface area contributed by atoms with Gasteiger partial charge in [-0.1, -0.05) is 24.3 Å². The third kappa shape index (κ3) is 4.59. The number of carbonyl (C=O) groups is 2. The van der Waals surface area contributed by atoms with Crippen LogP contribution in [0.3, 0.4) is 0 Å². The fraction of sp³-hybridized carbons (Fsp3) is 0.300. The summed E-state index contributed by atoms with van der Waals surface area (Å²) in [5, 5.41) is 0. The molecule has 25 heavy (non-hydrogen) atoms. The molecule has 0 saturated heterocycles. The molecular weight excluding hydrogens is 320 g/mol. The second kappa shape index (κ2) is 8.87. The quantitative estimate of drug-likeness (QED) is 0.544. The van der Waals surface area contributed by atoms with E-state index in [1.54, 1.807) is 19.2 Å². The van der Waals surface area contributed by atoms with Crippen LogP contribution in [-0.4, -0.2) is 33.6 Å². The predicted molar refractivity (Wildman–Crippen MR) is 94.5 cm³/mol. The summed E-state index contributed by atoms with van der Waals surface area (Å²) in [5.41, 5.74) is 3.40. The van der Waals surface area contributed by atoms with E-state index in [9.17, 15) is 9.59 Å². The van der Waals surface area contributed by atoms with E-state index >= 15 is 0 Å². The Hall–Kier alpha value is -2.82. The molecule has 5 nitrogen and oxygen atoms in total. The number of hydrogen-bond donors (Lipinski definition) is 0. The van der Waals surface area contributed by atoms with E-state index in [0.717, 1.165) is 23.0 Å².